The number of aromatic nitrogens is 2. The van der Waals surface area contributed by atoms with E-state index in [2.05, 4.69) is 22.2 Å². The predicted molar refractivity (Wildman–Crippen MR) is 58.4 cm³/mol. The first-order valence-electron chi connectivity index (χ1n) is 3.63. The third kappa shape index (κ3) is 12.3. The van der Waals surface area contributed by atoms with Gasteiger partial charge in [-0.15, -0.1) is 0 Å². The molecular weight excluding hydrogens is 235 g/mol. The Kier molecular flexibility index (Phi) is 10.3. The zero-order valence-corrected chi connectivity index (χ0v) is 11.8. The second kappa shape index (κ2) is 8.63. The van der Waals surface area contributed by atoms with E-state index in [9.17, 15) is 8.42 Å². The summed E-state index contributed by atoms with van der Waals surface area (Å²) in [4.78, 5) is 5.52. The summed E-state index contributed by atoms with van der Waals surface area (Å²) in [6.07, 6.45) is 3.98. The first-order valence-corrected chi connectivity index (χ1v) is 5.64. The summed E-state index contributed by atoms with van der Waals surface area (Å²) >= 11 is 4.63. The largest absolute Gasteiger partial charge is 0.338 e. The first-order chi connectivity index (χ1) is 5.95. The monoisotopic (exact) mass is 247 g/mol. The van der Waals surface area contributed by atoms with Gasteiger partial charge >= 0.3 is 0 Å². The Morgan fingerprint density at radius 2 is 1.86 bits per heavy atom. The molecule has 14 heavy (non-hydrogen) atoms. The van der Waals surface area contributed by atoms with Gasteiger partial charge in [-0.25, -0.2) is 0 Å². The van der Waals surface area contributed by atoms with Crippen LogP contribution in [0.15, 0.2) is 12.4 Å². The second-order valence-electron chi connectivity index (χ2n) is 2.24. The van der Waals surface area contributed by atoms with Gasteiger partial charge in [0.05, 0.1) is 5.75 Å². The molecule has 5 nitrogen and oxygen atoms in total. The molecule has 0 saturated heterocycles. The minimum atomic E-state index is -3.67. The fourth-order valence-corrected chi connectivity index (χ4v) is 1.19. The van der Waals surface area contributed by atoms with E-state index in [-0.39, 0.29) is 35.3 Å². The number of hydrogen-bond donors (Lipinski definition) is 3. The van der Waals surface area contributed by atoms with Crippen molar-refractivity contribution in [3.05, 3.63) is 17.2 Å². The van der Waals surface area contributed by atoms with E-state index in [1.54, 1.807) is 19.3 Å². The van der Waals surface area contributed by atoms with Gasteiger partial charge in [-0.05, 0) is 18.6 Å². The SMILES string of the molecule is CCCS(=O)(=O)O.S=c1[nH]cc[nH]1.[Na]. The molecule has 1 aromatic heterocycles. The summed E-state index contributed by atoms with van der Waals surface area (Å²) in [6, 6.07) is 0. The molecule has 3 N–H and O–H groups in total. The van der Waals surface area contributed by atoms with E-state index in [4.69, 9.17) is 4.55 Å². The molecule has 0 atom stereocenters. The number of rotatable bonds is 2. The van der Waals surface area contributed by atoms with E-state index < -0.39 is 10.1 Å². The van der Waals surface area contributed by atoms with Crippen molar-refractivity contribution in [2.45, 2.75) is 13.3 Å². The summed E-state index contributed by atoms with van der Waals surface area (Å²) < 4.78 is 28.2. The average molecular weight is 247 g/mol. The quantitative estimate of drug-likeness (QED) is 0.413. The molecule has 8 heteroatoms. The number of hydrogen-bond acceptors (Lipinski definition) is 3. The zero-order chi connectivity index (χ0) is 10.3. The van der Waals surface area contributed by atoms with Crippen molar-refractivity contribution in [3.8, 4) is 0 Å². The van der Waals surface area contributed by atoms with Crippen LogP contribution in [-0.4, -0.2) is 58.2 Å². The first kappa shape index (κ1) is 16.8. The molecule has 0 aromatic carbocycles. The van der Waals surface area contributed by atoms with Gasteiger partial charge in [0.15, 0.2) is 4.77 Å². The van der Waals surface area contributed by atoms with Crippen molar-refractivity contribution in [2.24, 2.45) is 0 Å². The topological polar surface area (TPSA) is 85.9 Å². The Balaban J connectivity index is 0. The van der Waals surface area contributed by atoms with Crippen LogP contribution in [0.5, 0.6) is 0 Å². The van der Waals surface area contributed by atoms with Crippen LogP contribution in [0.3, 0.4) is 0 Å². The van der Waals surface area contributed by atoms with Crippen LogP contribution >= 0.6 is 12.2 Å². The number of imidazole rings is 1. The van der Waals surface area contributed by atoms with Gasteiger partial charge in [0.25, 0.3) is 10.1 Å². The van der Waals surface area contributed by atoms with Crippen molar-refractivity contribution in [1.82, 2.24) is 9.97 Å². The molecule has 0 saturated carbocycles. The average Bonchev–Trinajstić information content (AvgIpc) is 2.38. The number of H-pyrrole nitrogens is 2. The molecule has 0 aliphatic heterocycles. The Labute approximate surface area is 110 Å². The molecule has 1 heterocycles. The maximum Gasteiger partial charge on any atom is 0.264 e. The third-order valence-electron chi connectivity index (χ3n) is 0.974. The summed E-state index contributed by atoms with van der Waals surface area (Å²) in [6.45, 7) is 1.69. The summed E-state index contributed by atoms with van der Waals surface area (Å²) in [5.74, 6) is -0.132. The molecule has 1 aromatic rings. The van der Waals surface area contributed by atoms with Crippen molar-refractivity contribution >= 4 is 51.9 Å². The summed E-state index contributed by atoms with van der Waals surface area (Å²) in [5.41, 5.74) is 0. The van der Waals surface area contributed by atoms with E-state index in [1.165, 1.54) is 0 Å². The Bertz CT molecular complexity index is 354. The third-order valence-corrected chi connectivity index (χ3v) is 2.13. The molecule has 0 unspecified atom stereocenters. The van der Waals surface area contributed by atoms with Crippen LogP contribution in [0.1, 0.15) is 13.3 Å². The van der Waals surface area contributed by atoms with Crippen molar-refractivity contribution in [2.75, 3.05) is 5.75 Å². The summed E-state index contributed by atoms with van der Waals surface area (Å²) in [7, 11) is -3.67. The van der Waals surface area contributed by atoms with Crippen LogP contribution in [-0.2, 0) is 10.1 Å². The van der Waals surface area contributed by atoms with E-state index in [0.717, 1.165) is 0 Å². The van der Waals surface area contributed by atoms with Crippen LogP contribution in [0.25, 0.3) is 0 Å². The van der Waals surface area contributed by atoms with E-state index in [1.807, 2.05) is 0 Å². The molecular formula is C6H12N2NaO3S2. The fourth-order valence-electron chi connectivity index (χ4n) is 0.534. The Morgan fingerprint density at radius 3 is 1.93 bits per heavy atom. The van der Waals surface area contributed by atoms with Crippen molar-refractivity contribution in [1.29, 1.82) is 0 Å². The molecule has 0 amide bonds. The van der Waals surface area contributed by atoms with Gasteiger partial charge in [-0.3, -0.25) is 4.55 Å². The Hall–Kier alpha value is 0.340. The molecule has 0 spiro atoms. The molecule has 0 fully saturated rings. The van der Waals surface area contributed by atoms with Crippen LogP contribution in [0, 0.1) is 4.77 Å². The molecule has 1 radical (unpaired) electrons. The smallest absolute Gasteiger partial charge is 0.264 e. The minimum absolute atomic E-state index is 0. The van der Waals surface area contributed by atoms with Gasteiger partial charge in [-0.2, -0.15) is 8.42 Å². The maximum absolute atomic E-state index is 9.79. The van der Waals surface area contributed by atoms with Crippen molar-refractivity contribution < 1.29 is 13.0 Å². The van der Waals surface area contributed by atoms with Crippen LogP contribution in [0.4, 0.5) is 0 Å². The molecule has 0 bridgehead atoms. The second-order valence-corrected chi connectivity index (χ2v) is 4.22. The number of aromatic amines is 2. The minimum Gasteiger partial charge on any atom is -0.338 e. The van der Waals surface area contributed by atoms with E-state index >= 15 is 0 Å². The fraction of sp³-hybridized carbons (Fsp3) is 0.500. The Morgan fingerprint density at radius 1 is 1.43 bits per heavy atom. The molecule has 0 aliphatic carbocycles. The molecule has 77 valence electrons. The number of nitrogens with one attached hydrogen (secondary N) is 2. The maximum atomic E-state index is 9.79. The van der Waals surface area contributed by atoms with Gasteiger partial charge in [-0.1, -0.05) is 6.92 Å². The standard InChI is InChI=1S/C3H4N2S.C3H8O3S.Na/c6-3-4-1-2-5-3;1-2-3-7(4,5)6;/h1-2H,(H2,4,5,6);2-3H2,1H3,(H,4,5,6);. The molecule has 1 rings (SSSR count). The van der Waals surface area contributed by atoms with Crippen LogP contribution in [0.2, 0.25) is 0 Å². The molecule has 0 aliphatic rings. The van der Waals surface area contributed by atoms with Crippen LogP contribution < -0.4 is 0 Å². The predicted octanol–water partition coefficient (Wildman–Crippen LogP) is 0.976. The van der Waals surface area contributed by atoms with Gasteiger partial charge in [0.1, 0.15) is 0 Å². The van der Waals surface area contributed by atoms with Gasteiger partial charge < -0.3 is 9.97 Å². The zero-order valence-electron chi connectivity index (χ0n) is 8.15. The van der Waals surface area contributed by atoms with Gasteiger partial charge in [0, 0.05) is 42.0 Å². The normalized spacial score (nSPS) is 9.57. The summed E-state index contributed by atoms with van der Waals surface area (Å²) in [5, 5.41) is 0. The van der Waals surface area contributed by atoms with Crippen molar-refractivity contribution in [3.63, 3.8) is 0 Å². The van der Waals surface area contributed by atoms with Gasteiger partial charge in [0.2, 0.25) is 0 Å². The van der Waals surface area contributed by atoms with E-state index in [0.29, 0.717) is 11.2 Å².